The number of aryl methyl sites for hydroxylation is 3. The third kappa shape index (κ3) is 7.30. The molecular formula is C40H50HfN3O-. The van der Waals surface area contributed by atoms with Crippen molar-refractivity contribution in [3.8, 4) is 28.3 Å². The molecule has 4 aromatic carbocycles. The maximum atomic E-state index is 11.5. The van der Waals surface area contributed by atoms with Crippen LogP contribution in [0.2, 0.25) is 0 Å². The van der Waals surface area contributed by atoms with Gasteiger partial charge in [0.15, 0.2) is 0 Å². The molecule has 0 aliphatic heterocycles. The molecule has 0 aliphatic carbocycles. The number of hydrogen-bond acceptors (Lipinski definition) is 2. The maximum Gasteiger partial charge on any atom is 0.141 e. The van der Waals surface area contributed by atoms with Gasteiger partial charge in [-0.2, -0.15) is 0 Å². The van der Waals surface area contributed by atoms with Crippen LogP contribution in [0.1, 0.15) is 102 Å². The first-order valence-corrected chi connectivity index (χ1v) is 16.0. The molecule has 0 saturated carbocycles. The first kappa shape index (κ1) is 36.3. The van der Waals surface area contributed by atoms with Gasteiger partial charge >= 0.3 is 0 Å². The van der Waals surface area contributed by atoms with E-state index in [1.54, 1.807) is 0 Å². The number of benzene rings is 4. The van der Waals surface area contributed by atoms with Gasteiger partial charge in [0.2, 0.25) is 0 Å². The molecule has 0 unspecified atom stereocenters. The Morgan fingerprint density at radius 2 is 1.31 bits per heavy atom. The zero-order valence-corrected chi connectivity index (χ0v) is 32.9. The predicted octanol–water partition coefficient (Wildman–Crippen LogP) is 12.1. The Hall–Kier alpha value is -3.18. The minimum atomic E-state index is -0.188. The molecule has 1 heterocycles. The number of aromatic nitrogens is 2. The molecule has 5 rings (SSSR count). The fraction of sp³-hybridized carbons (Fsp3) is 0.375. The van der Waals surface area contributed by atoms with E-state index in [-0.39, 0.29) is 31.3 Å². The average molecular weight is 767 g/mol. The molecule has 0 saturated heterocycles. The third-order valence-corrected chi connectivity index (χ3v) is 8.21. The number of para-hydroxylation sites is 1. The molecule has 1 aromatic heterocycles. The van der Waals surface area contributed by atoms with Gasteiger partial charge in [0.05, 0.1) is 11.0 Å². The van der Waals surface area contributed by atoms with Gasteiger partial charge in [0.25, 0.3) is 0 Å². The van der Waals surface area contributed by atoms with Crippen molar-refractivity contribution in [2.75, 3.05) is 0 Å². The second-order valence-corrected chi connectivity index (χ2v) is 13.4. The summed E-state index contributed by atoms with van der Waals surface area (Å²) in [5.74, 6) is 1.89. The second-order valence-electron chi connectivity index (χ2n) is 13.4. The molecule has 0 amide bonds. The second kappa shape index (κ2) is 14.5. The summed E-state index contributed by atoms with van der Waals surface area (Å²) in [7, 11) is 2.07. The van der Waals surface area contributed by atoms with Crippen LogP contribution in [0, 0.1) is 13.8 Å². The van der Waals surface area contributed by atoms with E-state index in [4.69, 9.17) is 10.3 Å². The molecule has 0 radical (unpaired) electrons. The van der Waals surface area contributed by atoms with Crippen LogP contribution in [0.25, 0.3) is 38.9 Å². The average Bonchev–Trinajstić information content (AvgIpc) is 3.30. The van der Waals surface area contributed by atoms with Crippen LogP contribution in [0.15, 0.2) is 66.7 Å². The zero-order chi connectivity index (χ0) is 32.5. The van der Waals surface area contributed by atoms with Gasteiger partial charge < -0.3 is 15.0 Å². The van der Waals surface area contributed by atoms with Gasteiger partial charge in [0, 0.05) is 49.6 Å². The number of nitrogens with zero attached hydrogens (tertiary/aromatic N) is 3. The molecule has 0 spiro atoms. The van der Waals surface area contributed by atoms with Crippen LogP contribution in [0.5, 0.6) is 5.75 Å². The van der Waals surface area contributed by atoms with E-state index < -0.39 is 0 Å². The van der Waals surface area contributed by atoms with Crippen molar-refractivity contribution in [3.05, 3.63) is 99.9 Å². The minimum absolute atomic E-state index is 0. The molecular weight excluding hydrogens is 717 g/mol. The van der Waals surface area contributed by atoms with Crippen molar-refractivity contribution in [1.82, 2.24) is 9.55 Å². The van der Waals surface area contributed by atoms with Gasteiger partial charge in [-0.15, -0.1) is 11.4 Å². The molecule has 0 fully saturated rings. The van der Waals surface area contributed by atoms with E-state index in [0.29, 0.717) is 17.6 Å². The molecule has 0 aliphatic rings. The molecule has 45 heavy (non-hydrogen) atoms. The molecule has 5 aromatic rings. The largest absolute Gasteiger partial charge is 0.656 e. The number of aromatic hydroxyl groups is 1. The molecule has 236 valence electrons. The SMILES string of the molecule is CC.Cc1cc(-c2ccccc2-c2nc3c([N-]c4c(C(C)C)cccc4C(C)C)cc(C)cc3n2C)c(O)c(C(C)(C)C)c1.[Hf]. The quantitative estimate of drug-likeness (QED) is 0.175. The van der Waals surface area contributed by atoms with Crippen LogP contribution < -0.4 is 0 Å². The van der Waals surface area contributed by atoms with E-state index in [0.717, 1.165) is 61.6 Å². The minimum Gasteiger partial charge on any atom is -0.656 e. The fourth-order valence-electron chi connectivity index (χ4n) is 5.96. The summed E-state index contributed by atoms with van der Waals surface area (Å²) in [6, 6.07) is 23.3. The Morgan fingerprint density at radius 1 is 0.756 bits per heavy atom. The summed E-state index contributed by atoms with van der Waals surface area (Å²) >= 11 is 0. The number of phenols is 1. The monoisotopic (exact) mass is 768 g/mol. The predicted molar refractivity (Wildman–Crippen MR) is 190 cm³/mol. The van der Waals surface area contributed by atoms with E-state index in [9.17, 15) is 5.11 Å². The van der Waals surface area contributed by atoms with Crippen molar-refractivity contribution >= 4 is 22.4 Å². The van der Waals surface area contributed by atoms with Crippen LogP contribution in [0.3, 0.4) is 0 Å². The van der Waals surface area contributed by atoms with Crippen LogP contribution >= 0.6 is 0 Å². The van der Waals surface area contributed by atoms with Crippen molar-refractivity contribution < 1.29 is 30.9 Å². The number of phenolic OH excluding ortho intramolecular Hbond substituents is 1. The van der Waals surface area contributed by atoms with E-state index >= 15 is 0 Å². The fourth-order valence-corrected chi connectivity index (χ4v) is 5.96. The van der Waals surface area contributed by atoms with Crippen molar-refractivity contribution in [2.45, 2.75) is 93.4 Å². The molecule has 0 bridgehead atoms. The zero-order valence-electron chi connectivity index (χ0n) is 29.3. The van der Waals surface area contributed by atoms with Crippen LogP contribution in [-0.4, -0.2) is 14.7 Å². The first-order valence-electron chi connectivity index (χ1n) is 16.0. The summed E-state index contributed by atoms with van der Waals surface area (Å²) in [5, 5.41) is 16.9. The Balaban J connectivity index is 0.00000180. The van der Waals surface area contributed by atoms with E-state index in [2.05, 4.69) is 129 Å². The van der Waals surface area contributed by atoms with Crippen molar-refractivity contribution in [1.29, 1.82) is 0 Å². The summed E-state index contributed by atoms with van der Waals surface area (Å²) < 4.78 is 2.16. The molecule has 1 N–H and O–H groups in total. The normalized spacial score (nSPS) is 11.4. The van der Waals surface area contributed by atoms with Gasteiger partial charge in [-0.25, -0.2) is 4.98 Å². The first-order chi connectivity index (χ1) is 20.8. The number of rotatable bonds is 6. The van der Waals surface area contributed by atoms with Gasteiger partial charge in [-0.05, 0) is 54.4 Å². The Bertz CT molecular complexity index is 1760. The topological polar surface area (TPSA) is 52.2 Å². The number of imidazole rings is 1. The van der Waals surface area contributed by atoms with Crippen LogP contribution in [-0.2, 0) is 38.3 Å². The third-order valence-electron chi connectivity index (χ3n) is 8.21. The Kier molecular flexibility index (Phi) is 11.7. The number of hydrogen-bond donors (Lipinski definition) is 1. The van der Waals surface area contributed by atoms with Gasteiger partial charge in [-0.3, -0.25) is 0 Å². The van der Waals surface area contributed by atoms with Crippen molar-refractivity contribution in [3.63, 3.8) is 0 Å². The van der Waals surface area contributed by atoms with Gasteiger partial charge in [0.1, 0.15) is 11.6 Å². The summed E-state index contributed by atoms with van der Waals surface area (Å²) in [6.07, 6.45) is 0. The number of fused-ring (bicyclic) bond motifs is 1. The summed E-state index contributed by atoms with van der Waals surface area (Å²) in [4.78, 5) is 5.27. The van der Waals surface area contributed by atoms with Crippen LogP contribution in [0.4, 0.5) is 11.4 Å². The Labute approximate surface area is 290 Å². The summed E-state index contributed by atoms with van der Waals surface area (Å²) in [5.41, 5.74) is 12.1. The van der Waals surface area contributed by atoms with E-state index in [1.807, 2.05) is 26.0 Å². The molecule has 4 nitrogen and oxygen atoms in total. The van der Waals surface area contributed by atoms with E-state index in [1.165, 1.54) is 11.1 Å². The standard InChI is InChI=1S/C38H44N3O.C2H6.Hf/c1-22(2)26-16-13-17-27(23(3)4)34(26)39-32-20-25(6)21-33-35(32)40-37(41(33)10)29-15-12-11-14-28(29)30-18-24(5)19-31(36(30)42)38(7,8)9;1-2;/h11-23H,1-10H3,(H,40,42);1-2H3;/q-1;;. The molecule has 0 atom stereocenters. The summed E-state index contributed by atoms with van der Waals surface area (Å²) in [6.45, 7) is 23.5. The smallest absolute Gasteiger partial charge is 0.141 e. The maximum absolute atomic E-state index is 11.5. The Morgan fingerprint density at radius 3 is 1.87 bits per heavy atom. The van der Waals surface area contributed by atoms with Crippen molar-refractivity contribution in [2.24, 2.45) is 7.05 Å². The molecule has 5 heteroatoms. The van der Waals surface area contributed by atoms with Gasteiger partial charge in [-0.1, -0.05) is 134 Å².